The van der Waals surface area contributed by atoms with Crippen molar-refractivity contribution < 1.29 is 23.5 Å². The molecule has 0 radical (unpaired) electrons. The third kappa shape index (κ3) is 5.62. The molecule has 1 amide bonds. The molecule has 2 aromatic heterocycles. The molecule has 38 heavy (non-hydrogen) atoms. The molecule has 0 aliphatic heterocycles. The van der Waals surface area contributed by atoms with Crippen LogP contribution in [0.3, 0.4) is 0 Å². The molecular formula is C28H23BrCl2N2O5. The maximum Gasteiger partial charge on any atom is 0.303 e. The first kappa shape index (κ1) is 27.8. The van der Waals surface area contributed by atoms with Gasteiger partial charge in [-0.05, 0) is 49.7 Å². The van der Waals surface area contributed by atoms with Crippen molar-refractivity contribution in [3.05, 3.63) is 68.8 Å². The molecule has 0 saturated carbocycles. The summed E-state index contributed by atoms with van der Waals surface area (Å²) in [6, 6.07) is 14.4. The van der Waals surface area contributed by atoms with E-state index in [4.69, 9.17) is 37.3 Å². The molecule has 2 heterocycles. The quantitative estimate of drug-likeness (QED) is 0.166. The number of esters is 1. The van der Waals surface area contributed by atoms with Crippen LogP contribution in [0, 0.1) is 0 Å². The summed E-state index contributed by atoms with van der Waals surface area (Å²) in [5.41, 5.74) is 1.38. The summed E-state index contributed by atoms with van der Waals surface area (Å²) in [5.74, 6) is -1.63. The van der Waals surface area contributed by atoms with Crippen LogP contribution in [-0.4, -0.2) is 28.2 Å². The normalized spacial score (nSPS) is 11.4. The van der Waals surface area contributed by atoms with Gasteiger partial charge in [0.05, 0.1) is 16.1 Å². The van der Waals surface area contributed by atoms with Gasteiger partial charge >= 0.3 is 5.97 Å². The minimum absolute atomic E-state index is 0.0527. The third-order valence-electron chi connectivity index (χ3n) is 5.78. The van der Waals surface area contributed by atoms with Crippen LogP contribution in [0.25, 0.3) is 33.5 Å². The monoisotopic (exact) mass is 616 g/mol. The number of fused-ring (bicyclic) bond motifs is 1. The highest BCUT2D eigenvalue weighted by Gasteiger charge is 2.34. The second-order valence-electron chi connectivity index (χ2n) is 9.01. The zero-order chi connectivity index (χ0) is 27.8. The van der Waals surface area contributed by atoms with E-state index in [0.29, 0.717) is 32.3 Å². The number of furan rings is 1. The minimum Gasteiger partial charge on any atom is -0.450 e. The number of ketones is 1. The highest BCUT2D eigenvalue weighted by Crippen LogP contribution is 2.41. The van der Waals surface area contributed by atoms with Gasteiger partial charge in [-0.2, -0.15) is 0 Å². The SMILES string of the molecule is CCC(=O)c1oc2nc(-c3ccc(Br)cc3Cl)c(-c3ccc(Cl)cc3)cc2c1NC(=O)C(C)(C)OC(C)=O. The highest BCUT2D eigenvalue weighted by molar-refractivity contribution is 9.10. The fraction of sp³-hybridized carbons (Fsp3) is 0.214. The van der Waals surface area contributed by atoms with Gasteiger partial charge in [0.2, 0.25) is 5.71 Å². The number of aromatic nitrogens is 1. The van der Waals surface area contributed by atoms with E-state index in [1.54, 1.807) is 31.2 Å². The standard InChI is InChI=1S/C28H23BrCl2N2O5/c1-5-22(35)25-24(33-27(36)28(3,4)38-14(2)34)20-13-19(15-6-9-17(30)10-7-15)23(32-26(20)37-25)18-11-8-16(29)12-21(18)31/h6-13H,5H2,1-4H3,(H,33,36). The zero-order valence-electron chi connectivity index (χ0n) is 20.9. The van der Waals surface area contributed by atoms with Crippen molar-refractivity contribution in [2.45, 2.75) is 39.7 Å². The molecule has 1 N–H and O–H groups in total. The van der Waals surface area contributed by atoms with Gasteiger partial charge in [0, 0.05) is 34.0 Å². The Labute approximate surface area is 237 Å². The molecule has 0 atom stereocenters. The molecule has 0 saturated heterocycles. The molecule has 10 heteroatoms. The van der Waals surface area contributed by atoms with E-state index in [1.807, 2.05) is 24.3 Å². The smallest absolute Gasteiger partial charge is 0.303 e. The Bertz CT molecular complexity index is 1580. The average Bonchev–Trinajstić information content (AvgIpc) is 3.19. The lowest BCUT2D eigenvalue weighted by Crippen LogP contribution is -2.41. The molecule has 196 valence electrons. The van der Waals surface area contributed by atoms with Crippen molar-refractivity contribution in [2.24, 2.45) is 0 Å². The molecule has 4 rings (SSSR count). The van der Waals surface area contributed by atoms with E-state index in [1.165, 1.54) is 20.8 Å². The van der Waals surface area contributed by atoms with Crippen LogP contribution < -0.4 is 5.32 Å². The van der Waals surface area contributed by atoms with Gasteiger partial charge in [0.15, 0.2) is 17.1 Å². The van der Waals surface area contributed by atoms with Crippen LogP contribution in [-0.2, 0) is 14.3 Å². The molecule has 0 spiro atoms. The topological polar surface area (TPSA) is 98.5 Å². The highest BCUT2D eigenvalue weighted by atomic mass is 79.9. The first-order valence-electron chi connectivity index (χ1n) is 11.6. The first-order chi connectivity index (χ1) is 17.9. The van der Waals surface area contributed by atoms with Crippen LogP contribution >= 0.6 is 39.1 Å². The van der Waals surface area contributed by atoms with Gasteiger partial charge in [-0.1, -0.05) is 64.3 Å². The molecule has 0 aliphatic carbocycles. The number of halogens is 3. The number of nitrogens with one attached hydrogen (secondary N) is 1. The third-order valence-corrected chi connectivity index (χ3v) is 6.84. The second kappa shape index (κ2) is 10.9. The number of hydrogen-bond donors (Lipinski definition) is 1. The van der Waals surface area contributed by atoms with E-state index in [2.05, 4.69) is 21.2 Å². The second-order valence-corrected chi connectivity index (χ2v) is 10.8. The lowest BCUT2D eigenvalue weighted by atomic mass is 9.98. The number of amides is 1. The average molecular weight is 618 g/mol. The molecule has 2 aromatic carbocycles. The minimum atomic E-state index is -1.50. The maximum absolute atomic E-state index is 13.1. The van der Waals surface area contributed by atoms with E-state index in [-0.39, 0.29) is 29.4 Å². The Morgan fingerprint density at radius 2 is 1.74 bits per heavy atom. The number of Topliss-reactive ketones (excluding diaryl/α,β-unsaturated/α-hetero) is 1. The number of hydrogen-bond acceptors (Lipinski definition) is 6. The molecule has 0 fully saturated rings. The van der Waals surface area contributed by atoms with Crippen molar-refractivity contribution in [1.29, 1.82) is 0 Å². The maximum atomic E-state index is 13.1. The summed E-state index contributed by atoms with van der Waals surface area (Å²) in [6.45, 7) is 5.81. The van der Waals surface area contributed by atoms with Gasteiger partial charge < -0.3 is 14.5 Å². The fourth-order valence-corrected chi connectivity index (χ4v) is 4.80. The van der Waals surface area contributed by atoms with Gasteiger partial charge in [0.1, 0.15) is 5.69 Å². The number of ether oxygens (including phenoxy) is 1. The molecule has 0 bridgehead atoms. The molecular weight excluding hydrogens is 595 g/mol. The lowest BCUT2D eigenvalue weighted by molar-refractivity contribution is -0.160. The van der Waals surface area contributed by atoms with Gasteiger partial charge in [-0.25, -0.2) is 4.98 Å². The van der Waals surface area contributed by atoms with Gasteiger partial charge in [-0.15, -0.1) is 0 Å². The largest absolute Gasteiger partial charge is 0.450 e. The Hall–Kier alpha value is -3.20. The lowest BCUT2D eigenvalue weighted by Gasteiger charge is -2.23. The first-order valence-corrected chi connectivity index (χ1v) is 13.2. The Balaban J connectivity index is 1.99. The van der Waals surface area contributed by atoms with Crippen molar-refractivity contribution >= 4 is 73.6 Å². The summed E-state index contributed by atoms with van der Waals surface area (Å²) < 4.78 is 11.9. The summed E-state index contributed by atoms with van der Waals surface area (Å²) in [4.78, 5) is 42.3. The molecule has 7 nitrogen and oxygen atoms in total. The van der Waals surface area contributed by atoms with Crippen molar-refractivity contribution in [2.75, 3.05) is 5.32 Å². The summed E-state index contributed by atoms with van der Waals surface area (Å²) >= 11 is 16.1. The van der Waals surface area contributed by atoms with Crippen LogP contribution in [0.4, 0.5) is 5.69 Å². The number of nitrogens with zero attached hydrogens (tertiary/aromatic N) is 1. The van der Waals surface area contributed by atoms with Crippen LogP contribution in [0.5, 0.6) is 0 Å². The predicted octanol–water partition coefficient (Wildman–Crippen LogP) is 8.10. The fourth-order valence-electron chi connectivity index (χ4n) is 3.91. The van der Waals surface area contributed by atoms with Gasteiger partial charge in [-0.3, -0.25) is 14.4 Å². The van der Waals surface area contributed by atoms with Crippen LogP contribution in [0.15, 0.2) is 57.4 Å². The Morgan fingerprint density at radius 1 is 1.05 bits per heavy atom. The number of carbonyl (C=O) groups excluding carboxylic acids is 3. The number of anilines is 1. The van der Waals surface area contributed by atoms with Crippen LogP contribution in [0.2, 0.25) is 10.0 Å². The molecule has 0 aliphatic rings. The summed E-state index contributed by atoms with van der Waals surface area (Å²) in [7, 11) is 0. The zero-order valence-corrected chi connectivity index (χ0v) is 24.0. The summed E-state index contributed by atoms with van der Waals surface area (Å²) in [5, 5.41) is 4.15. The summed E-state index contributed by atoms with van der Waals surface area (Å²) in [6.07, 6.45) is 0.130. The predicted molar refractivity (Wildman–Crippen MR) is 152 cm³/mol. The number of benzene rings is 2. The van der Waals surface area contributed by atoms with E-state index in [9.17, 15) is 14.4 Å². The van der Waals surface area contributed by atoms with E-state index in [0.717, 1.165) is 10.0 Å². The number of pyridine rings is 1. The van der Waals surface area contributed by atoms with Crippen molar-refractivity contribution in [3.63, 3.8) is 0 Å². The van der Waals surface area contributed by atoms with Crippen molar-refractivity contribution in [1.82, 2.24) is 4.98 Å². The van der Waals surface area contributed by atoms with Crippen LogP contribution in [0.1, 0.15) is 44.7 Å². The molecule has 4 aromatic rings. The van der Waals surface area contributed by atoms with E-state index < -0.39 is 17.5 Å². The Kier molecular flexibility index (Phi) is 7.97. The number of carbonyl (C=O) groups is 3. The Morgan fingerprint density at radius 3 is 2.34 bits per heavy atom. The number of rotatable bonds is 7. The van der Waals surface area contributed by atoms with Crippen molar-refractivity contribution in [3.8, 4) is 22.4 Å². The van der Waals surface area contributed by atoms with Gasteiger partial charge in [0.25, 0.3) is 5.91 Å². The van der Waals surface area contributed by atoms with E-state index >= 15 is 0 Å². The molecule has 0 unspecified atom stereocenters.